The first kappa shape index (κ1) is 17.2. The molecular formula is C14H19IN8. The number of aromatic nitrogens is 5. The molecule has 0 atom stereocenters. The minimum atomic E-state index is 0. The van der Waals surface area contributed by atoms with Crippen LogP contribution >= 0.6 is 24.0 Å². The third kappa shape index (κ3) is 3.97. The summed E-state index contributed by atoms with van der Waals surface area (Å²) in [7, 11) is 3.69. The standard InChI is InChI=1S/C14H18N8.HI/c1-15-14(17-9-12-16-6-8-21(12)2)18-10-13-20-19-11-5-3-4-7-22(11)13;/h3-8H,9-10H2,1-2H3,(H2,15,17,18);1H. The van der Waals surface area contributed by atoms with E-state index in [0.717, 1.165) is 17.3 Å². The molecule has 0 radical (unpaired) electrons. The molecule has 0 spiro atoms. The van der Waals surface area contributed by atoms with Crippen LogP contribution in [0.1, 0.15) is 11.6 Å². The number of hydrogen-bond donors (Lipinski definition) is 2. The first-order chi connectivity index (χ1) is 10.8. The van der Waals surface area contributed by atoms with E-state index in [0.29, 0.717) is 19.0 Å². The van der Waals surface area contributed by atoms with Crippen molar-refractivity contribution in [1.82, 2.24) is 34.8 Å². The normalized spacial score (nSPS) is 11.3. The highest BCUT2D eigenvalue weighted by Gasteiger charge is 2.06. The number of aliphatic imine (C=N–C) groups is 1. The zero-order valence-electron chi connectivity index (χ0n) is 13.0. The Kier molecular flexibility index (Phi) is 5.90. The zero-order chi connectivity index (χ0) is 15.4. The van der Waals surface area contributed by atoms with Crippen molar-refractivity contribution in [2.45, 2.75) is 13.1 Å². The maximum atomic E-state index is 4.26. The van der Waals surface area contributed by atoms with E-state index in [4.69, 9.17) is 0 Å². The van der Waals surface area contributed by atoms with Gasteiger partial charge in [-0.25, -0.2) is 4.98 Å². The predicted molar refractivity (Wildman–Crippen MR) is 98.6 cm³/mol. The highest BCUT2D eigenvalue weighted by atomic mass is 127. The van der Waals surface area contributed by atoms with E-state index < -0.39 is 0 Å². The van der Waals surface area contributed by atoms with Crippen molar-refractivity contribution in [1.29, 1.82) is 0 Å². The smallest absolute Gasteiger partial charge is 0.191 e. The Morgan fingerprint density at radius 3 is 2.61 bits per heavy atom. The van der Waals surface area contributed by atoms with Crippen LogP contribution in [0.3, 0.4) is 0 Å². The van der Waals surface area contributed by atoms with Gasteiger partial charge in [-0.1, -0.05) is 6.07 Å². The number of pyridine rings is 1. The number of hydrogen-bond acceptors (Lipinski definition) is 4. The Labute approximate surface area is 151 Å². The zero-order valence-corrected chi connectivity index (χ0v) is 15.3. The van der Waals surface area contributed by atoms with Gasteiger partial charge in [-0.2, -0.15) is 0 Å². The Morgan fingerprint density at radius 1 is 1.13 bits per heavy atom. The van der Waals surface area contributed by atoms with Crippen LogP contribution in [0.2, 0.25) is 0 Å². The maximum Gasteiger partial charge on any atom is 0.191 e. The summed E-state index contributed by atoms with van der Waals surface area (Å²) in [5.41, 5.74) is 0.829. The molecule has 8 nitrogen and oxygen atoms in total. The largest absolute Gasteiger partial charge is 0.349 e. The summed E-state index contributed by atoms with van der Waals surface area (Å²) in [5.74, 6) is 2.46. The lowest BCUT2D eigenvalue weighted by Gasteiger charge is -2.11. The molecule has 0 amide bonds. The number of imidazole rings is 1. The van der Waals surface area contributed by atoms with Crippen LogP contribution in [0.25, 0.3) is 5.65 Å². The Bertz CT molecular complexity index is 791. The fourth-order valence-electron chi connectivity index (χ4n) is 2.12. The van der Waals surface area contributed by atoms with Gasteiger partial charge >= 0.3 is 0 Å². The lowest BCUT2D eigenvalue weighted by Crippen LogP contribution is -2.37. The second kappa shape index (κ2) is 7.90. The van der Waals surface area contributed by atoms with Crippen molar-refractivity contribution in [2.75, 3.05) is 7.05 Å². The van der Waals surface area contributed by atoms with E-state index in [1.807, 2.05) is 46.6 Å². The van der Waals surface area contributed by atoms with Gasteiger partial charge in [0.25, 0.3) is 0 Å². The second-order valence-electron chi connectivity index (χ2n) is 4.78. The molecule has 0 saturated carbocycles. The van der Waals surface area contributed by atoms with Crippen molar-refractivity contribution in [3.05, 3.63) is 48.4 Å². The first-order valence-electron chi connectivity index (χ1n) is 6.97. The van der Waals surface area contributed by atoms with Gasteiger partial charge in [-0.15, -0.1) is 34.2 Å². The van der Waals surface area contributed by atoms with Crippen LogP contribution in [0.15, 0.2) is 41.8 Å². The maximum absolute atomic E-state index is 4.26. The highest BCUT2D eigenvalue weighted by Crippen LogP contribution is 2.02. The molecule has 0 saturated heterocycles. The lowest BCUT2D eigenvalue weighted by atomic mass is 10.4. The number of rotatable bonds is 4. The average molecular weight is 426 g/mol. The van der Waals surface area contributed by atoms with E-state index >= 15 is 0 Å². The van der Waals surface area contributed by atoms with E-state index in [9.17, 15) is 0 Å². The van der Waals surface area contributed by atoms with Gasteiger partial charge < -0.3 is 15.2 Å². The second-order valence-corrected chi connectivity index (χ2v) is 4.78. The summed E-state index contributed by atoms with van der Waals surface area (Å²) in [6.07, 6.45) is 5.63. The number of guanidine groups is 1. The van der Waals surface area contributed by atoms with Crippen LogP contribution in [0.4, 0.5) is 0 Å². The van der Waals surface area contributed by atoms with Gasteiger partial charge in [-0.05, 0) is 12.1 Å². The topological polar surface area (TPSA) is 84.4 Å². The number of nitrogens with zero attached hydrogens (tertiary/aromatic N) is 6. The number of halogens is 1. The number of aryl methyl sites for hydroxylation is 1. The minimum absolute atomic E-state index is 0. The molecule has 2 N–H and O–H groups in total. The molecule has 0 aliphatic heterocycles. The van der Waals surface area contributed by atoms with Gasteiger partial charge in [0.1, 0.15) is 5.82 Å². The highest BCUT2D eigenvalue weighted by molar-refractivity contribution is 14.0. The minimum Gasteiger partial charge on any atom is -0.349 e. The van der Waals surface area contributed by atoms with Gasteiger partial charge in [0.05, 0.1) is 13.1 Å². The van der Waals surface area contributed by atoms with Crippen molar-refractivity contribution >= 4 is 35.6 Å². The van der Waals surface area contributed by atoms with E-state index in [-0.39, 0.29) is 24.0 Å². The Balaban J connectivity index is 0.00000192. The molecule has 3 aromatic rings. The fourth-order valence-corrected chi connectivity index (χ4v) is 2.12. The van der Waals surface area contributed by atoms with Crippen LogP contribution in [0.5, 0.6) is 0 Å². The van der Waals surface area contributed by atoms with E-state index in [1.54, 1.807) is 13.2 Å². The molecule has 3 aromatic heterocycles. The molecule has 0 aliphatic rings. The molecule has 0 aliphatic carbocycles. The van der Waals surface area contributed by atoms with Crippen molar-refractivity contribution in [3.63, 3.8) is 0 Å². The lowest BCUT2D eigenvalue weighted by molar-refractivity contribution is 0.716. The summed E-state index contributed by atoms with van der Waals surface area (Å²) in [4.78, 5) is 8.46. The molecule has 3 rings (SSSR count). The molecule has 0 unspecified atom stereocenters. The summed E-state index contributed by atoms with van der Waals surface area (Å²) < 4.78 is 3.91. The summed E-state index contributed by atoms with van der Waals surface area (Å²) in [6.45, 7) is 1.13. The third-order valence-corrected chi connectivity index (χ3v) is 3.36. The van der Waals surface area contributed by atoms with Gasteiger partial charge in [0.15, 0.2) is 17.4 Å². The number of nitrogens with one attached hydrogen (secondary N) is 2. The Morgan fingerprint density at radius 2 is 1.91 bits per heavy atom. The molecular weight excluding hydrogens is 407 g/mol. The predicted octanol–water partition coefficient (Wildman–Crippen LogP) is 0.946. The monoisotopic (exact) mass is 426 g/mol. The third-order valence-electron chi connectivity index (χ3n) is 3.36. The molecule has 23 heavy (non-hydrogen) atoms. The molecule has 0 aromatic carbocycles. The van der Waals surface area contributed by atoms with Crippen LogP contribution < -0.4 is 10.6 Å². The summed E-state index contributed by atoms with van der Waals surface area (Å²) >= 11 is 0. The molecule has 122 valence electrons. The Hall–Kier alpha value is -2.17. The van der Waals surface area contributed by atoms with Crippen molar-refractivity contribution in [3.8, 4) is 0 Å². The SMILES string of the molecule is CN=C(NCc1nccn1C)NCc1nnc2ccccn12.I. The van der Waals surface area contributed by atoms with E-state index in [1.165, 1.54) is 0 Å². The van der Waals surface area contributed by atoms with Crippen molar-refractivity contribution in [2.24, 2.45) is 12.0 Å². The summed E-state index contributed by atoms with van der Waals surface area (Å²) in [5, 5.41) is 14.7. The molecule has 9 heteroatoms. The molecule has 0 bridgehead atoms. The number of fused-ring (bicyclic) bond motifs is 1. The van der Waals surface area contributed by atoms with Gasteiger partial charge in [-0.3, -0.25) is 9.39 Å². The van der Waals surface area contributed by atoms with Crippen LogP contribution in [-0.4, -0.2) is 37.2 Å². The van der Waals surface area contributed by atoms with Crippen LogP contribution in [-0.2, 0) is 20.1 Å². The van der Waals surface area contributed by atoms with Gasteiger partial charge in [0, 0.05) is 32.7 Å². The van der Waals surface area contributed by atoms with E-state index in [2.05, 4.69) is 30.8 Å². The first-order valence-corrected chi connectivity index (χ1v) is 6.97. The fraction of sp³-hybridized carbons (Fsp3) is 0.286. The molecule has 0 fully saturated rings. The van der Waals surface area contributed by atoms with Gasteiger partial charge in [0.2, 0.25) is 0 Å². The summed E-state index contributed by atoms with van der Waals surface area (Å²) in [6, 6.07) is 5.81. The quantitative estimate of drug-likeness (QED) is 0.369. The molecule has 3 heterocycles. The average Bonchev–Trinajstić information content (AvgIpc) is 3.14. The van der Waals surface area contributed by atoms with Crippen LogP contribution in [0, 0.1) is 0 Å². The van der Waals surface area contributed by atoms with Crippen molar-refractivity contribution < 1.29 is 0 Å².